The van der Waals surface area contributed by atoms with E-state index in [1.807, 2.05) is 6.07 Å². The zero-order chi connectivity index (χ0) is 24.8. The molecule has 0 spiro atoms. The van der Waals surface area contributed by atoms with Gasteiger partial charge >= 0.3 is 6.18 Å². The van der Waals surface area contributed by atoms with Gasteiger partial charge in [-0.05, 0) is 56.9 Å². The van der Waals surface area contributed by atoms with Crippen LogP contribution >= 0.6 is 0 Å². The Morgan fingerprint density at radius 2 is 1.91 bits per heavy atom. The van der Waals surface area contributed by atoms with Crippen molar-refractivity contribution in [3.63, 3.8) is 0 Å². The first kappa shape index (κ1) is 23.9. The summed E-state index contributed by atoms with van der Waals surface area (Å²) in [5, 5.41) is 6.84. The summed E-state index contributed by atoms with van der Waals surface area (Å²) >= 11 is 0. The fourth-order valence-electron chi connectivity index (χ4n) is 4.73. The van der Waals surface area contributed by atoms with E-state index in [0.29, 0.717) is 22.2 Å². The predicted molar refractivity (Wildman–Crippen MR) is 128 cm³/mol. The number of aryl methyl sites for hydroxylation is 3. The Hall–Kier alpha value is -3.21. The van der Waals surface area contributed by atoms with Gasteiger partial charge in [0.15, 0.2) is 0 Å². The van der Waals surface area contributed by atoms with Gasteiger partial charge in [0.1, 0.15) is 7.85 Å². The van der Waals surface area contributed by atoms with Gasteiger partial charge in [-0.25, -0.2) is 0 Å². The van der Waals surface area contributed by atoms with Crippen molar-refractivity contribution >= 4 is 24.9 Å². The van der Waals surface area contributed by atoms with E-state index >= 15 is 0 Å². The van der Waals surface area contributed by atoms with Crippen LogP contribution in [0.15, 0.2) is 35.5 Å². The van der Waals surface area contributed by atoms with Crippen molar-refractivity contribution in [2.24, 2.45) is 11.1 Å². The van der Waals surface area contributed by atoms with Gasteiger partial charge < -0.3 is 10.2 Å². The number of nitrogens with zero attached hydrogens (tertiary/aromatic N) is 1. The molecule has 2 aromatic carbocycles. The van der Waals surface area contributed by atoms with Crippen LogP contribution in [0.25, 0.3) is 0 Å². The number of hydrogen-bond donors (Lipinski definition) is 1. The third kappa shape index (κ3) is 4.09. The van der Waals surface area contributed by atoms with Gasteiger partial charge in [0.05, 0.1) is 5.71 Å². The second kappa shape index (κ2) is 8.54. The third-order valence-corrected chi connectivity index (χ3v) is 6.95. The normalized spacial score (nSPS) is 24.0. The highest BCUT2D eigenvalue weighted by atomic mass is 19.4. The number of terminal acetylenes is 1. The number of hydrogen-bond acceptors (Lipinski definition) is 3. The summed E-state index contributed by atoms with van der Waals surface area (Å²) in [6, 6.07) is 8.35. The average molecular weight is 466 g/mol. The number of alkyl halides is 3. The fraction of sp³-hybridized carbons (Fsp3) is 0.385. The van der Waals surface area contributed by atoms with Gasteiger partial charge in [0, 0.05) is 29.5 Å². The fourth-order valence-corrected chi connectivity index (χ4v) is 4.73. The van der Waals surface area contributed by atoms with E-state index < -0.39 is 18.2 Å². The Balaban J connectivity index is 1.59. The topological polar surface area (TPSA) is 50.7 Å². The molecule has 34 heavy (non-hydrogen) atoms. The smallest absolute Gasteiger partial charge is 0.374 e. The highest BCUT2D eigenvalue weighted by molar-refractivity contribution is 6.34. The number of benzene rings is 2. The van der Waals surface area contributed by atoms with Crippen molar-refractivity contribution in [3.8, 4) is 12.3 Å². The maximum atomic E-state index is 14.4. The zero-order valence-electron chi connectivity index (χ0n) is 19.6. The molecule has 1 N–H and O–H groups in total. The van der Waals surface area contributed by atoms with Gasteiger partial charge in [-0.3, -0.25) is 4.79 Å². The molecule has 4 nitrogen and oxygen atoms in total. The minimum absolute atomic E-state index is 0.0497. The molecule has 0 bridgehead atoms. The molecule has 1 aliphatic heterocycles. The number of oxime groups is 1. The molecule has 176 valence electrons. The largest absolute Gasteiger partial charge is 0.435 e. The molecule has 1 heterocycles. The van der Waals surface area contributed by atoms with Crippen molar-refractivity contribution in [3.05, 3.63) is 63.7 Å². The van der Waals surface area contributed by atoms with Gasteiger partial charge in [-0.15, -0.1) is 12.3 Å². The minimum atomic E-state index is -4.67. The van der Waals surface area contributed by atoms with Crippen LogP contribution in [-0.2, 0) is 10.4 Å². The monoisotopic (exact) mass is 466 g/mol. The van der Waals surface area contributed by atoms with Gasteiger partial charge in [0.2, 0.25) is 0 Å². The first-order chi connectivity index (χ1) is 15.9. The lowest BCUT2D eigenvalue weighted by molar-refractivity contribution is -0.275. The van der Waals surface area contributed by atoms with Gasteiger partial charge in [-0.2, -0.15) is 13.2 Å². The molecule has 0 aromatic heterocycles. The molecule has 1 atom stereocenters. The second-order valence-corrected chi connectivity index (χ2v) is 9.42. The van der Waals surface area contributed by atoms with Crippen molar-refractivity contribution in [2.75, 3.05) is 0 Å². The standard InChI is InChI=1S/C26H26BF3N2O2/c1-5-17-11-19(12-17)31-24(33)20-7-6-18(10-15(20)3)22-13-25(34-32-22,26(28,29)30)21-9-14(2)8-16(4)23(21)27/h1,6-10,17,19H,11-13,27H2,2-4H3,(H,31,33). The number of halogens is 3. The highest BCUT2D eigenvalue weighted by Crippen LogP contribution is 2.48. The first-order valence-electron chi connectivity index (χ1n) is 11.2. The van der Waals surface area contributed by atoms with Crippen LogP contribution < -0.4 is 10.8 Å². The molecular formula is C26H26BF3N2O2. The van der Waals surface area contributed by atoms with Crippen molar-refractivity contribution in [2.45, 2.75) is 57.9 Å². The van der Waals surface area contributed by atoms with E-state index in [1.165, 1.54) is 6.07 Å². The molecule has 1 fully saturated rings. The third-order valence-electron chi connectivity index (χ3n) is 6.95. The molecule has 4 rings (SSSR count). The Morgan fingerprint density at radius 1 is 1.21 bits per heavy atom. The average Bonchev–Trinajstić information content (AvgIpc) is 3.19. The quantitative estimate of drug-likeness (QED) is 0.553. The van der Waals surface area contributed by atoms with Crippen LogP contribution in [0.3, 0.4) is 0 Å². The van der Waals surface area contributed by atoms with Crippen molar-refractivity contribution < 1.29 is 22.8 Å². The van der Waals surface area contributed by atoms with Gasteiger partial charge in [-0.1, -0.05) is 39.9 Å². The van der Waals surface area contributed by atoms with Crippen LogP contribution in [0.1, 0.15) is 57.4 Å². The lowest BCUT2D eigenvalue weighted by Gasteiger charge is -2.32. The zero-order valence-corrected chi connectivity index (χ0v) is 19.6. The van der Waals surface area contributed by atoms with Crippen molar-refractivity contribution in [1.82, 2.24) is 5.32 Å². The van der Waals surface area contributed by atoms with E-state index in [1.54, 1.807) is 46.8 Å². The molecule has 8 heteroatoms. The second-order valence-electron chi connectivity index (χ2n) is 9.42. The Labute approximate surface area is 198 Å². The first-order valence-corrected chi connectivity index (χ1v) is 11.2. The molecule has 0 radical (unpaired) electrons. The molecule has 0 saturated heterocycles. The van der Waals surface area contributed by atoms with E-state index in [-0.39, 0.29) is 29.1 Å². The molecule has 1 amide bonds. The Kier molecular flexibility index (Phi) is 6.01. The summed E-state index contributed by atoms with van der Waals surface area (Å²) in [6.07, 6.45) is 1.79. The summed E-state index contributed by atoms with van der Waals surface area (Å²) < 4.78 is 43.3. The van der Waals surface area contributed by atoms with Crippen LogP contribution in [0.5, 0.6) is 0 Å². The van der Waals surface area contributed by atoms with E-state index in [2.05, 4.69) is 16.4 Å². The molecular weight excluding hydrogens is 440 g/mol. The lowest BCUT2D eigenvalue weighted by Crippen LogP contribution is -2.46. The summed E-state index contributed by atoms with van der Waals surface area (Å²) in [5.41, 5.74) is 1.37. The molecule has 1 unspecified atom stereocenters. The SMILES string of the molecule is Bc1c(C)cc(C)cc1C1(C(F)(F)F)CC(c2ccc(C(=O)NC3CC(C#C)C3)c(C)c2)=NO1. The number of nitrogens with one attached hydrogen (secondary N) is 1. The highest BCUT2D eigenvalue weighted by Gasteiger charge is 2.62. The Morgan fingerprint density at radius 3 is 2.53 bits per heavy atom. The van der Waals surface area contributed by atoms with Crippen molar-refractivity contribution in [1.29, 1.82) is 0 Å². The predicted octanol–water partition coefficient (Wildman–Crippen LogP) is 3.59. The maximum Gasteiger partial charge on any atom is 0.435 e. The molecule has 2 aliphatic rings. The van der Waals surface area contributed by atoms with Crippen LogP contribution in [-0.4, -0.2) is 31.7 Å². The number of amides is 1. The summed E-state index contributed by atoms with van der Waals surface area (Å²) in [7, 11) is 1.67. The Bertz CT molecular complexity index is 1230. The number of carbonyl (C=O) groups excluding carboxylic acids is 1. The van der Waals surface area contributed by atoms with E-state index in [9.17, 15) is 18.0 Å². The number of carbonyl (C=O) groups is 1. The van der Waals surface area contributed by atoms with Crippen LogP contribution in [0, 0.1) is 39.0 Å². The van der Waals surface area contributed by atoms with Crippen LogP contribution in [0.4, 0.5) is 13.2 Å². The lowest BCUT2D eigenvalue weighted by atomic mass is 9.75. The van der Waals surface area contributed by atoms with E-state index in [0.717, 1.165) is 24.0 Å². The number of rotatable bonds is 4. The summed E-state index contributed by atoms with van der Waals surface area (Å²) in [5.74, 6) is 2.66. The minimum Gasteiger partial charge on any atom is -0.374 e. The summed E-state index contributed by atoms with van der Waals surface area (Å²) in [4.78, 5) is 17.9. The van der Waals surface area contributed by atoms with Gasteiger partial charge in [0.25, 0.3) is 11.5 Å². The van der Waals surface area contributed by atoms with Crippen LogP contribution in [0.2, 0.25) is 0 Å². The van der Waals surface area contributed by atoms with E-state index in [4.69, 9.17) is 11.3 Å². The molecule has 1 saturated carbocycles. The maximum absolute atomic E-state index is 14.4. The molecule has 1 aliphatic carbocycles. The molecule has 2 aromatic rings. The summed E-state index contributed by atoms with van der Waals surface area (Å²) in [6.45, 7) is 5.31.